The lowest BCUT2D eigenvalue weighted by molar-refractivity contribution is -0.138. The van der Waals surface area contributed by atoms with Crippen molar-refractivity contribution in [2.24, 2.45) is 5.92 Å². The summed E-state index contributed by atoms with van der Waals surface area (Å²) in [5.74, 6) is 0.574. The molecule has 3 aliphatic rings. The minimum atomic E-state index is -4.80. The molecule has 0 saturated carbocycles. The Morgan fingerprint density at radius 3 is 2.65 bits per heavy atom. The first kappa shape index (κ1) is 27.9. The second kappa shape index (κ2) is 11.8. The Hall–Kier alpha value is -3.70. The van der Waals surface area contributed by atoms with Crippen molar-refractivity contribution in [2.75, 3.05) is 62.2 Å². The molecular formula is C26H31F3N8O3. The Kier molecular flexibility index (Phi) is 8.22. The van der Waals surface area contributed by atoms with Crippen LogP contribution >= 0.6 is 0 Å². The summed E-state index contributed by atoms with van der Waals surface area (Å²) in [7, 11) is 0. The lowest BCUT2D eigenvalue weighted by Gasteiger charge is -2.39. The Morgan fingerprint density at radius 1 is 1.15 bits per heavy atom. The molecule has 14 heteroatoms. The number of nitrogens with zero attached hydrogens (tertiary/aromatic N) is 6. The molecule has 40 heavy (non-hydrogen) atoms. The van der Waals surface area contributed by atoms with E-state index in [1.807, 2.05) is 16.1 Å². The monoisotopic (exact) mass is 560 g/mol. The number of nitrogens with one attached hydrogen (secondary N) is 2. The number of carbonyl (C=O) groups is 1. The van der Waals surface area contributed by atoms with Crippen LogP contribution in [0.25, 0.3) is 0 Å². The van der Waals surface area contributed by atoms with Crippen molar-refractivity contribution in [2.45, 2.75) is 37.6 Å². The van der Waals surface area contributed by atoms with Crippen molar-refractivity contribution < 1.29 is 22.7 Å². The minimum Gasteiger partial charge on any atom is -0.375 e. The average Bonchev–Trinajstić information content (AvgIpc) is 3.44. The Balaban J connectivity index is 1.14. The van der Waals surface area contributed by atoms with Crippen LogP contribution in [0.4, 0.5) is 24.7 Å². The minimum absolute atomic E-state index is 0.0557. The molecule has 3 aliphatic heterocycles. The van der Waals surface area contributed by atoms with Crippen molar-refractivity contribution in [3.63, 3.8) is 0 Å². The summed E-state index contributed by atoms with van der Waals surface area (Å²) in [4.78, 5) is 35.1. The number of rotatable bonds is 6. The van der Waals surface area contributed by atoms with E-state index in [0.717, 1.165) is 12.0 Å². The molecule has 214 valence electrons. The summed E-state index contributed by atoms with van der Waals surface area (Å²) in [6, 6.07) is 5.26. The SMILES string of the molecule is N#Cc1ccc(N2CCN(C(=O)C3CNC[C@H](OC[C@@H]4CCCN4c4cn[nH]c(=O)c4C(F)(F)F)C3)CC2)nc1. The first-order valence-electron chi connectivity index (χ1n) is 13.4. The molecule has 0 aromatic carbocycles. The molecule has 0 aliphatic carbocycles. The van der Waals surface area contributed by atoms with Crippen LogP contribution in [-0.4, -0.2) is 90.6 Å². The lowest BCUT2D eigenvalue weighted by atomic mass is 9.95. The number of aromatic nitrogens is 3. The quantitative estimate of drug-likeness (QED) is 0.538. The highest BCUT2D eigenvalue weighted by atomic mass is 19.4. The number of H-pyrrole nitrogens is 1. The molecule has 2 aromatic rings. The number of hydrogen-bond donors (Lipinski definition) is 2. The fraction of sp³-hybridized carbons (Fsp3) is 0.577. The molecule has 3 saturated heterocycles. The maximum atomic E-state index is 13.6. The normalized spacial score (nSPS) is 23.8. The van der Waals surface area contributed by atoms with E-state index in [1.54, 1.807) is 11.0 Å². The predicted octanol–water partition coefficient (Wildman–Crippen LogP) is 1.37. The molecule has 1 unspecified atom stereocenters. The number of carbonyl (C=O) groups excluding carboxylic acids is 1. The van der Waals surface area contributed by atoms with E-state index in [1.165, 1.54) is 6.20 Å². The maximum Gasteiger partial charge on any atom is 0.423 e. The van der Waals surface area contributed by atoms with Gasteiger partial charge in [-0.05, 0) is 31.4 Å². The third-order valence-corrected chi connectivity index (χ3v) is 7.78. The summed E-state index contributed by atoms with van der Waals surface area (Å²) in [6.45, 7) is 4.05. The van der Waals surface area contributed by atoms with Gasteiger partial charge in [-0.15, -0.1) is 0 Å². The number of piperidine rings is 1. The third kappa shape index (κ3) is 6.05. The predicted molar refractivity (Wildman–Crippen MR) is 139 cm³/mol. The van der Waals surface area contributed by atoms with Crippen LogP contribution in [0.2, 0.25) is 0 Å². The van der Waals surface area contributed by atoms with Crippen LogP contribution in [0.15, 0.2) is 29.3 Å². The summed E-state index contributed by atoms with van der Waals surface area (Å²) >= 11 is 0. The van der Waals surface area contributed by atoms with Gasteiger partial charge in [-0.25, -0.2) is 10.1 Å². The number of ether oxygens (including phenoxy) is 1. The third-order valence-electron chi connectivity index (χ3n) is 7.78. The fourth-order valence-electron chi connectivity index (χ4n) is 5.72. The fourth-order valence-corrected chi connectivity index (χ4v) is 5.72. The lowest BCUT2D eigenvalue weighted by Crippen LogP contribution is -2.54. The molecule has 11 nitrogen and oxygen atoms in total. The van der Waals surface area contributed by atoms with Gasteiger partial charge in [0, 0.05) is 52.0 Å². The van der Waals surface area contributed by atoms with Gasteiger partial charge in [-0.2, -0.15) is 23.5 Å². The average molecular weight is 561 g/mol. The van der Waals surface area contributed by atoms with Gasteiger partial charge in [-0.1, -0.05) is 0 Å². The van der Waals surface area contributed by atoms with Crippen molar-refractivity contribution in [1.29, 1.82) is 5.26 Å². The van der Waals surface area contributed by atoms with Gasteiger partial charge in [0.05, 0.1) is 42.1 Å². The van der Waals surface area contributed by atoms with E-state index in [-0.39, 0.29) is 36.3 Å². The van der Waals surface area contributed by atoms with Crippen LogP contribution < -0.4 is 20.7 Å². The van der Waals surface area contributed by atoms with Crippen LogP contribution in [0.3, 0.4) is 0 Å². The molecule has 0 radical (unpaired) electrons. The number of piperazine rings is 1. The molecule has 2 aromatic heterocycles. The number of alkyl halides is 3. The number of halogens is 3. The zero-order chi connectivity index (χ0) is 28.3. The summed E-state index contributed by atoms with van der Waals surface area (Å²) in [6.07, 6.45) is -0.639. The number of aromatic amines is 1. The topological polar surface area (TPSA) is 130 Å². The number of anilines is 2. The Morgan fingerprint density at radius 2 is 1.95 bits per heavy atom. The van der Waals surface area contributed by atoms with E-state index in [2.05, 4.69) is 26.4 Å². The van der Waals surface area contributed by atoms with Crippen LogP contribution in [0, 0.1) is 17.2 Å². The molecule has 5 heterocycles. The molecular weight excluding hydrogens is 529 g/mol. The highest BCUT2D eigenvalue weighted by molar-refractivity contribution is 5.79. The van der Waals surface area contributed by atoms with Gasteiger partial charge in [0.2, 0.25) is 5.91 Å². The highest BCUT2D eigenvalue weighted by Crippen LogP contribution is 2.36. The number of amides is 1. The maximum absolute atomic E-state index is 13.6. The van der Waals surface area contributed by atoms with Crippen molar-refractivity contribution in [1.82, 2.24) is 25.4 Å². The molecule has 3 atom stereocenters. The molecule has 1 amide bonds. The van der Waals surface area contributed by atoms with Gasteiger partial charge >= 0.3 is 6.18 Å². The van der Waals surface area contributed by atoms with Gasteiger partial charge in [0.1, 0.15) is 17.5 Å². The summed E-state index contributed by atoms with van der Waals surface area (Å²) in [5, 5.41) is 17.7. The van der Waals surface area contributed by atoms with Crippen molar-refractivity contribution in [3.05, 3.63) is 46.0 Å². The first-order valence-corrected chi connectivity index (χ1v) is 13.4. The number of hydrogen-bond acceptors (Lipinski definition) is 9. The molecule has 3 fully saturated rings. The zero-order valence-corrected chi connectivity index (χ0v) is 21.9. The smallest absolute Gasteiger partial charge is 0.375 e. The number of pyridine rings is 1. The molecule has 0 bridgehead atoms. The van der Waals surface area contributed by atoms with E-state index >= 15 is 0 Å². The first-order chi connectivity index (χ1) is 19.2. The zero-order valence-electron chi connectivity index (χ0n) is 21.9. The van der Waals surface area contributed by atoms with E-state index in [9.17, 15) is 22.8 Å². The van der Waals surface area contributed by atoms with Crippen molar-refractivity contribution in [3.8, 4) is 6.07 Å². The van der Waals surface area contributed by atoms with Crippen molar-refractivity contribution >= 4 is 17.4 Å². The Labute approximate surface area is 228 Å². The second-order valence-corrected chi connectivity index (χ2v) is 10.3. The van der Waals surface area contributed by atoms with Gasteiger partial charge in [-0.3, -0.25) is 9.59 Å². The van der Waals surface area contributed by atoms with E-state index in [4.69, 9.17) is 10.00 Å². The van der Waals surface area contributed by atoms with Gasteiger partial charge < -0.3 is 24.8 Å². The number of nitriles is 1. The molecule has 0 spiro atoms. The molecule has 2 N–H and O–H groups in total. The molecule has 5 rings (SSSR count). The van der Waals surface area contributed by atoms with Crippen LogP contribution in [0.1, 0.15) is 30.4 Å². The Bertz CT molecular complexity index is 1290. The summed E-state index contributed by atoms with van der Waals surface area (Å²) < 4.78 is 47.0. The second-order valence-electron chi connectivity index (χ2n) is 10.3. The highest BCUT2D eigenvalue weighted by Gasteiger charge is 2.41. The van der Waals surface area contributed by atoms with Gasteiger partial charge in [0.25, 0.3) is 5.56 Å². The largest absolute Gasteiger partial charge is 0.423 e. The van der Waals surface area contributed by atoms with Crippen LogP contribution in [-0.2, 0) is 15.7 Å². The van der Waals surface area contributed by atoms with E-state index < -0.39 is 17.3 Å². The standard InChI is InChI=1S/C26H31F3N8O3/c27-26(28,29)23-21(15-33-34-24(23)38)37-5-1-2-19(37)16-40-20-10-18(13-31-14-20)25(39)36-8-6-35(7-9-36)22-4-3-17(11-30)12-32-22/h3-4,12,15,18-20,31H,1-2,5-10,13-14,16H2,(H,34,38)/t18?,19-,20+/m0/s1. The van der Waals surface area contributed by atoms with Crippen LogP contribution in [0.5, 0.6) is 0 Å². The van der Waals surface area contributed by atoms with E-state index in [0.29, 0.717) is 70.6 Å². The summed E-state index contributed by atoms with van der Waals surface area (Å²) in [5.41, 5.74) is -2.23. The van der Waals surface area contributed by atoms with Gasteiger partial charge in [0.15, 0.2) is 0 Å².